The normalized spacial score (nSPS) is 10.6. The lowest BCUT2D eigenvalue weighted by atomic mass is 10.2. The fraction of sp³-hybridized carbons (Fsp3) is 0.333. The maximum absolute atomic E-state index is 12.2. The Bertz CT molecular complexity index is 610. The molecule has 0 saturated carbocycles. The molecule has 2 aromatic rings. The van der Waals surface area contributed by atoms with E-state index in [-0.39, 0.29) is 5.91 Å². The van der Waals surface area contributed by atoms with Crippen molar-refractivity contribution < 1.29 is 4.79 Å². The second kappa shape index (κ2) is 6.86. The van der Waals surface area contributed by atoms with Gasteiger partial charge in [-0.2, -0.15) is 0 Å². The van der Waals surface area contributed by atoms with Crippen molar-refractivity contribution in [1.82, 2.24) is 10.3 Å². The van der Waals surface area contributed by atoms with Crippen LogP contribution in [-0.2, 0) is 19.4 Å². The third-order valence-electron chi connectivity index (χ3n) is 3.10. The van der Waals surface area contributed by atoms with Gasteiger partial charge in [0.1, 0.15) is 5.15 Å². The number of aromatic nitrogens is 1. The Labute approximate surface area is 128 Å². The molecule has 0 radical (unpaired) electrons. The zero-order chi connectivity index (χ0) is 14.5. The Hall–Kier alpha value is -1.39. The van der Waals surface area contributed by atoms with Crippen molar-refractivity contribution in [2.45, 2.75) is 33.2 Å². The summed E-state index contributed by atoms with van der Waals surface area (Å²) in [6.45, 7) is 4.66. The molecule has 106 valence electrons. The van der Waals surface area contributed by atoms with Crippen molar-refractivity contribution in [2.75, 3.05) is 0 Å². The van der Waals surface area contributed by atoms with E-state index < -0.39 is 0 Å². The zero-order valence-corrected chi connectivity index (χ0v) is 13.1. The highest BCUT2D eigenvalue weighted by Crippen LogP contribution is 2.17. The lowest BCUT2D eigenvalue weighted by molar-refractivity contribution is 0.0951. The summed E-state index contributed by atoms with van der Waals surface area (Å²) in [7, 11) is 0. The molecule has 2 heterocycles. The Morgan fingerprint density at radius 1 is 1.35 bits per heavy atom. The van der Waals surface area contributed by atoms with E-state index >= 15 is 0 Å². The molecule has 0 aliphatic heterocycles. The molecule has 1 amide bonds. The maximum Gasteiger partial charge on any atom is 0.251 e. The molecule has 0 spiro atoms. The fourth-order valence-electron chi connectivity index (χ4n) is 1.96. The van der Waals surface area contributed by atoms with E-state index in [0.717, 1.165) is 18.5 Å². The summed E-state index contributed by atoms with van der Waals surface area (Å²) in [5.74, 6) is -0.112. The van der Waals surface area contributed by atoms with Gasteiger partial charge < -0.3 is 5.32 Å². The monoisotopic (exact) mass is 308 g/mol. The Kier molecular flexibility index (Phi) is 5.15. The van der Waals surface area contributed by atoms with Crippen LogP contribution in [0.25, 0.3) is 0 Å². The first-order valence-electron chi connectivity index (χ1n) is 6.64. The lowest BCUT2D eigenvalue weighted by Gasteiger charge is -2.07. The molecule has 0 bridgehead atoms. The number of carbonyl (C=O) groups is 1. The van der Waals surface area contributed by atoms with E-state index in [0.29, 0.717) is 17.3 Å². The molecule has 0 saturated heterocycles. The molecule has 0 fully saturated rings. The largest absolute Gasteiger partial charge is 0.347 e. The van der Waals surface area contributed by atoms with Crippen molar-refractivity contribution in [1.29, 1.82) is 0 Å². The number of rotatable bonds is 5. The standard InChI is InChI=1S/C15H17ClN2OS/c1-3-10-5-6-20-13(10)9-17-15(19)11-7-12(4-2)18-14(16)8-11/h5-8H,3-4,9H2,1-2H3,(H,17,19). The van der Waals surface area contributed by atoms with Gasteiger partial charge in [-0.3, -0.25) is 4.79 Å². The molecule has 3 nitrogen and oxygen atoms in total. The summed E-state index contributed by atoms with van der Waals surface area (Å²) in [5, 5.41) is 5.36. The topological polar surface area (TPSA) is 42.0 Å². The number of aryl methyl sites for hydroxylation is 2. The quantitative estimate of drug-likeness (QED) is 0.852. The van der Waals surface area contributed by atoms with Crippen molar-refractivity contribution in [3.8, 4) is 0 Å². The number of thiophene rings is 1. The van der Waals surface area contributed by atoms with E-state index in [4.69, 9.17) is 11.6 Å². The first-order chi connectivity index (χ1) is 9.63. The average Bonchev–Trinajstić information content (AvgIpc) is 2.91. The number of nitrogens with zero attached hydrogens (tertiary/aromatic N) is 1. The van der Waals surface area contributed by atoms with Gasteiger partial charge in [0.15, 0.2) is 0 Å². The number of carbonyl (C=O) groups excluding carboxylic acids is 1. The van der Waals surface area contributed by atoms with E-state index in [1.807, 2.05) is 6.92 Å². The van der Waals surface area contributed by atoms with E-state index in [1.54, 1.807) is 23.5 Å². The minimum atomic E-state index is -0.112. The summed E-state index contributed by atoms with van der Waals surface area (Å²) in [5.41, 5.74) is 2.68. The minimum absolute atomic E-state index is 0.112. The van der Waals surface area contributed by atoms with Gasteiger partial charge in [0.25, 0.3) is 5.91 Å². The van der Waals surface area contributed by atoms with E-state index in [1.165, 1.54) is 10.4 Å². The molecular weight excluding hydrogens is 292 g/mol. The van der Waals surface area contributed by atoms with Crippen LogP contribution in [0.1, 0.15) is 40.3 Å². The number of hydrogen-bond acceptors (Lipinski definition) is 3. The molecular formula is C15H17ClN2OS. The third kappa shape index (κ3) is 3.58. The number of halogens is 1. The molecule has 0 unspecified atom stereocenters. The van der Waals surface area contributed by atoms with Crippen molar-refractivity contribution in [2.24, 2.45) is 0 Å². The van der Waals surface area contributed by atoms with Gasteiger partial charge in [-0.1, -0.05) is 25.4 Å². The first kappa shape index (κ1) is 15.0. The fourth-order valence-corrected chi connectivity index (χ4v) is 3.11. The Balaban J connectivity index is 2.07. The van der Waals surface area contributed by atoms with Gasteiger partial charge in [0, 0.05) is 16.1 Å². The van der Waals surface area contributed by atoms with Gasteiger partial charge in [-0.15, -0.1) is 11.3 Å². The van der Waals surface area contributed by atoms with Crippen LogP contribution in [0.4, 0.5) is 0 Å². The predicted molar refractivity (Wildman–Crippen MR) is 83.5 cm³/mol. The summed E-state index contributed by atoms with van der Waals surface area (Å²) >= 11 is 7.60. The van der Waals surface area contributed by atoms with Crippen LogP contribution in [-0.4, -0.2) is 10.9 Å². The lowest BCUT2D eigenvalue weighted by Crippen LogP contribution is -2.23. The van der Waals surface area contributed by atoms with Crippen molar-refractivity contribution >= 4 is 28.8 Å². The Morgan fingerprint density at radius 2 is 2.15 bits per heavy atom. The molecule has 20 heavy (non-hydrogen) atoms. The zero-order valence-electron chi connectivity index (χ0n) is 11.6. The number of pyridine rings is 1. The Morgan fingerprint density at radius 3 is 2.85 bits per heavy atom. The van der Waals surface area contributed by atoms with Gasteiger partial charge in [0.2, 0.25) is 0 Å². The third-order valence-corrected chi connectivity index (χ3v) is 4.26. The summed E-state index contributed by atoms with van der Waals surface area (Å²) in [6, 6.07) is 5.49. The van der Waals surface area contributed by atoms with Crippen LogP contribution in [0.15, 0.2) is 23.6 Å². The van der Waals surface area contributed by atoms with Crippen molar-refractivity contribution in [3.63, 3.8) is 0 Å². The molecule has 2 aromatic heterocycles. The van der Waals surface area contributed by atoms with Crippen LogP contribution >= 0.6 is 22.9 Å². The predicted octanol–water partition coefficient (Wildman–Crippen LogP) is 3.85. The second-order valence-electron chi connectivity index (χ2n) is 4.43. The number of nitrogens with one attached hydrogen (secondary N) is 1. The van der Waals surface area contributed by atoms with Crippen LogP contribution < -0.4 is 5.32 Å². The van der Waals surface area contributed by atoms with Gasteiger partial charge in [0.05, 0.1) is 6.54 Å². The van der Waals surface area contributed by atoms with Gasteiger partial charge in [-0.05, 0) is 42.0 Å². The maximum atomic E-state index is 12.2. The highest BCUT2D eigenvalue weighted by atomic mass is 35.5. The molecule has 1 N–H and O–H groups in total. The second-order valence-corrected chi connectivity index (χ2v) is 5.82. The summed E-state index contributed by atoms with van der Waals surface area (Å²) in [6.07, 6.45) is 1.74. The summed E-state index contributed by atoms with van der Waals surface area (Å²) in [4.78, 5) is 17.5. The van der Waals surface area contributed by atoms with Crippen LogP contribution in [0, 0.1) is 0 Å². The molecule has 0 aromatic carbocycles. The molecule has 0 aliphatic carbocycles. The van der Waals surface area contributed by atoms with Crippen LogP contribution in [0.2, 0.25) is 5.15 Å². The van der Waals surface area contributed by atoms with E-state index in [9.17, 15) is 4.79 Å². The average molecular weight is 309 g/mol. The minimum Gasteiger partial charge on any atom is -0.347 e. The molecule has 0 aliphatic rings. The highest BCUT2D eigenvalue weighted by Gasteiger charge is 2.10. The van der Waals surface area contributed by atoms with Crippen LogP contribution in [0.5, 0.6) is 0 Å². The number of hydrogen-bond donors (Lipinski definition) is 1. The smallest absolute Gasteiger partial charge is 0.251 e. The number of amides is 1. The molecule has 0 atom stereocenters. The van der Waals surface area contributed by atoms with Gasteiger partial charge >= 0.3 is 0 Å². The SMILES string of the molecule is CCc1cc(C(=O)NCc2sccc2CC)cc(Cl)n1. The van der Waals surface area contributed by atoms with Gasteiger partial charge in [-0.25, -0.2) is 4.98 Å². The van der Waals surface area contributed by atoms with Crippen LogP contribution in [0.3, 0.4) is 0 Å². The highest BCUT2D eigenvalue weighted by molar-refractivity contribution is 7.10. The first-order valence-corrected chi connectivity index (χ1v) is 7.89. The molecule has 5 heteroatoms. The van der Waals surface area contributed by atoms with Crippen molar-refractivity contribution in [3.05, 3.63) is 50.4 Å². The van der Waals surface area contributed by atoms with E-state index in [2.05, 4.69) is 28.7 Å². The molecule has 2 rings (SSSR count). The summed E-state index contributed by atoms with van der Waals surface area (Å²) < 4.78 is 0.